The van der Waals surface area contributed by atoms with Crippen LogP contribution in [0.5, 0.6) is 0 Å². The SMILES string of the molecule is CCCCC[N+]1=C(C=CC2=C(N(C)C(=O)OC(C)(C)C)C(=CC=C3N(CCCCSOOO)c4cc(Cl)ccc4C3(C)C)CC2)C(C)(C)c2ccc(Cl)cc21. The summed E-state index contributed by atoms with van der Waals surface area (Å²) in [6, 6.07) is 12.4. The van der Waals surface area contributed by atoms with Crippen molar-refractivity contribution in [2.24, 2.45) is 0 Å². The van der Waals surface area contributed by atoms with Gasteiger partial charge in [0.25, 0.3) is 0 Å². The van der Waals surface area contributed by atoms with Gasteiger partial charge in [-0.05, 0) is 114 Å². The zero-order valence-electron chi connectivity index (χ0n) is 33.9. The lowest BCUT2D eigenvalue weighted by atomic mass is 9.81. The highest BCUT2D eigenvalue weighted by Crippen LogP contribution is 2.49. The maximum atomic E-state index is 13.7. The Morgan fingerprint density at radius 3 is 2.36 bits per heavy atom. The number of likely N-dealkylation sites (N-methyl/N-ethyl adjacent to an activating group) is 1. The number of hydrogen-bond donors (Lipinski definition) is 1. The van der Waals surface area contributed by atoms with E-state index in [0.717, 1.165) is 103 Å². The van der Waals surface area contributed by atoms with E-state index < -0.39 is 5.60 Å². The van der Waals surface area contributed by atoms with Crippen molar-refractivity contribution in [2.75, 3.05) is 30.8 Å². The highest BCUT2D eigenvalue weighted by Gasteiger charge is 2.44. The van der Waals surface area contributed by atoms with Crippen LogP contribution in [-0.4, -0.2) is 58.0 Å². The molecule has 1 aliphatic carbocycles. The number of benzene rings is 2. The number of nitrogens with zero attached hydrogens (tertiary/aromatic N) is 3. The lowest BCUT2D eigenvalue weighted by Gasteiger charge is -2.28. The molecule has 3 aliphatic rings. The molecule has 298 valence electrons. The molecule has 0 bridgehead atoms. The second-order valence-electron chi connectivity index (χ2n) is 16.6. The van der Waals surface area contributed by atoms with Crippen molar-refractivity contribution in [3.8, 4) is 0 Å². The van der Waals surface area contributed by atoms with Gasteiger partial charge in [0, 0.05) is 82.4 Å². The third-order valence-electron chi connectivity index (χ3n) is 10.8. The van der Waals surface area contributed by atoms with Crippen LogP contribution in [0.2, 0.25) is 10.0 Å². The summed E-state index contributed by atoms with van der Waals surface area (Å²) in [6.07, 6.45) is 15.2. The van der Waals surface area contributed by atoms with Crippen molar-refractivity contribution in [1.82, 2.24) is 4.90 Å². The van der Waals surface area contributed by atoms with E-state index in [0.29, 0.717) is 10.8 Å². The number of hydrogen-bond acceptors (Lipinski definition) is 7. The minimum Gasteiger partial charge on any atom is -0.443 e. The minimum atomic E-state index is -0.640. The predicted octanol–water partition coefficient (Wildman–Crippen LogP) is 12.5. The Kier molecular flexibility index (Phi) is 14.1. The van der Waals surface area contributed by atoms with E-state index in [4.69, 9.17) is 33.2 Å². The molecule has 1 amide bonds. The second-order valence-corrected chi connectivity index (χ2v) is 18.3. The molecule has 0 saturated carbocycles. The van der Waals surface area contributed by atoms with Gasteiger partial charge in [-0.1, -0.05) is 73.7 Å². The van der Waals surface area contributed by atoms with Crippen LogP contribution in [-0.2, 0) is 24.9 Å². The smallest absolute Gasteiger partial charge is 0.414 e. The Morgan fingerprint density at radius 1 is 0.964 bits per heavy atom. The molecule has 0 aromatic heterocycles. The Labute approximate surface area is 342 Å². The minimum absolute atomic E-state index is 0.226. The Morgan fingerprint density at radius 2 is 1.67 bits per heavy atom. The number of allylic oxidation sites excluding steroid dienone is 7. The number of amides is 1. The summed E-state index contributed by atoms with van der Waals surface area (Å²) in [5.41, 5.74) is 9.03. The fourth-order valence-electron chi connectivity index (χ4n) is 8.06. The van der Waals surface area contributed by atoms with E-state index in [2.05, 4.69) is 96.0 Å². The Bertz CT molecular complexity index is 1910. The highest BCUT2D eigenvalue weighted by atomic mass is 35.5. The molecule has 2 heterocycles. The first-order chi connectivity index (χ1) is 26.0. The van der Waals surface area contributed by atoms with E-state index in [9.17, 15) is 4.79 Å². The summed E-state index contributed by atoms with van der Waals surface area (Å²) in [4.78, 5) is 17.8. The summed E-state index contributed by atoms with van der Waals surface area (Å²) in [7, 11) is 1.82. The average Bonchev–Trinajstić information content (AvgIpc) is 3.67. The zero-order valence-corrected chi connectivity index (χ0v) is 36.3. The van der Waals surface area contributed by atoms with Crippen molar-refractivity contribution >= 4 is 58.4 Å². The number of rotatable bonds is 15. The van der Waals surface area contributed by atoms with Gasteiger partial charge in [-0.15, -0.1) is 4.33 Å². The number of halogens is 2. The van der Waals surface area contributed by atoms with Crippen molar-refractivity contribution in [1.29, 1.82) is 0 Å². The van der Waals surface area contributed by atoms with Crippen LogP contribution in [0.3, 0.4) is 0 Å². The lowest BCUT2D eigenvalue weighted by molar-refractivity contribution is -0.438. The Hall–Kier alpha value is -3.05. The number of anilines is 1. The summed E-state index contributed by atoms with van der Waals surface area (Å²) in [5.74, 6) is 0.678. The van der Waals surface area contributed by atoms with Crippen LogP contribution in [0, 0.1) is 0 Å². The molecule has 2 aromatic rings. The van der Waals surface area contributed by atoms with Crippen LogP contribution < -0.4 is 4.90 Å². The van der Waals surface area contributed by atoms with Gasteiger partial charge in [-0.3, -0.25) is 4.90 Å². The first kappa shape index (κ1) is 43.1. The van der Waals surface area contributed by atoms with Crippen molar-refractivity contribution < 1.29 is 28.7 Å². The number of carbonyl (C=O) groups excluding carboxylic acids is 1. The molecule has 8 nitrogen and oxygen atoms in total. The van der Waals surface area contributed by atoms with E-state index in [1.165, 1.54) is 22.5 Å². The molecule has 55 heavy (non-hydrogen) atoms. The van der Waals surface area contributed by atoms with Gasteiger partial charge in [-0.25, -0.2) is 10.1 Å². The first-order valence-corrected chi connectivity index (χ1v) is 21.1. The molecule has 5 rings (SSSR count). The van der Waals surface area contributed by atoms with Gasteiger partial charge in [0.05, 0.1) is 11.1 Å². The average molecular weight is 812 g/mol. The van der Waals surface area contributed by atoms with E-state index in [1.807, 2.05) is 46.0 Å². The molecule has 0 spiro atoms. The first-order valence-electron chi connectivity index (χ1n) is 19.4. The predicted molar refractivity (Wildman–Crippen MR) is 228 cm³/mol. The third-order valence-corrected chi connectivity index (χ3v) is 11.9. The van der Waals surface area contributed by atoms with Crippen LogP contribution >= 0.6 is 35.2 Å². The zero-order chi connectivity index (χ0) is 40.1. The van der Waals surface area contributed by atoms with Crippen molar-refractivity contribution in [2.45, 2.75) is 117 Å². The fraction of sp³-hybridized carbons (Fsp3) is 0.500. The van der Waals surface area contributed by atoms with E-state index in [-0.39, 0.29) is 16.9 Å². The lowest BCUT2D eigenvalue weighted by Crippen LogP contribution is -2.34. The fourth-order valence-corrected chi connectivity index (χ4v) is 8.82. The van der Waals surface area contributed by atoms with Gasteiger partial charge in [-0.2, -0.15) is 4.58 Å². The number of carbonyl (C=O) groups is 1. The Balaban J connectivity index is 1.57. The van der Waals surface area contributed by atoms with Gasteiger partial charge in [0.15, 0.2) is 5.71 Å². The maximum absolute atomic E-state index is 13.7. The number of unbranched alkanes of at least 4 members (excludes halogenated alkanes) is 3. The van der Waals surface area contributed by atoms with E-state index >= 15 is 0 Å². The monoisotopic (exact) mass is 810 g/mol. The molecule has 0 fully saturated rings. The summed E-state index contributed by atoms with van der Waals surface area (Å²) in [6.45, 7) is 18.7. The summed E-state index contributed by atoms with van der Waals surface area (Å²) in [5, 5.41) is 13.7. The summed E-state index contributed by atoms with van der Waals surface area (Å²) < 4.78 is 12.9. The normalized spacial score (nSPS) is 19.0. The highest BCUT2D eigenvalue weighted by molar-refractivity contribution is 7.94. The van der Waals surface area contributed by atoms with Gasteiger partial charge in [0.1, 0.15) is 12.1 Å². The van der Waals surface area contributed by atoms with Gasteiger partial charge in [0.2, 0.25) is 5.69 Å². The second kappa shape index (κ2) is 18.0. The standard InChI is InChI=1S/C44H57Cl2N3O5S/c1-10-11-12-25-48-36-28-32(45)19-21-34(36)43(5,6)38(48)23-17-30-15-16-31(40(30)47(9)41(50)52-42(2,3)4)18-24-39-44(7,8)35-22-20-33(46)29-37(35)49(39)26-13-14-27-55-54-53-51/h17-24,28-29H,10-16,25-27H2,1-9H3/p+1. The van der Waals surface area contributed by atoms with E-state index in [1.54, 1.807) is 4.90 Å². The van der Waals surface area contributed by atoms with Gasteiger partial charge < -0.3 is 9.64 Å². The third kappa shape index (κ3) is 9.74. The molecular formula is C44H58Cl2N3O5S+. The molecule has 11 heteroatoms. The number of ether oxygens (including phenoxy) is 1. The molecule has 1 N–H and O–H groups in total. The molecular weight excluding hydrogens is 753 g/mol. The molecule has 0 atom stereocenters. The van der Waals surface area contributed by atoms with Crippen LogP contribution in [0.4, 0.5) is 16.2 Å². The maximum Gasteiger partial charge on any atom is 0.414 e. The molecule has 2 aromatic carbocycles. The molecule has 0 radical (unpaired) electrons. The van der Waals surface area contributed by atoms with Crippen molar-refractivity contribution in [3.05, 3.63) is 104 Å². The molecule has 2 aliphatic heterocycles. The molecule has 0 unspecified atom stereocenters. The van der Waals surface area contributed by atoms with Crippen LogP contribution in [0.1, 0.15) is 111 Å². The van der Waals surface area contributed by atoms with Crippen LogP contribution in [0.15, 0.2) is 83.2 Å². The number of fused-ring (bicyclic) bond motifs is 2. The van der Waals surface area contributed by atoms with Crippen molar-refractivity contribution in [3.63, 3.8) is 0 Å². The quantitative estimate of drug-likeness (QED) is 0.0631. The topological polar surface area (TPSA) is 74.5 Å². The van der Waals surface area contributed by atoms with Gasteiger partial charge >= 0.3 is 6.09 Å². The van der Waals surface area contributed by atoms with Crippen LogP contribution in [0.25, 0.3) is 0 Å². The summed E-state index contributed by atoms with van der Waals surface area (Å²) >= 11 is 14.2. The molecule has 0 saturated heterocycles. The largest absolute Gasteiger partial charge is 0.443 e.